The van der Waals surface area contributed by atoms with E-state index in [1.165, 1.54) is 11.5 Å². The van der Waals surface area contributed by atoms with Gasteiger partial charge in [-0.2, -0.15) is 0 Å². The van der Waals surface area contributed by atoms with E-state index in [0.717, 1.165) is 11.6 Å². The molecule has 1 rings (SSSR count). The van der Waals surface area contributed by atoms with Crippen LogP contribution in [0.1, 0.15) is 13.8 Å². The Morgan fingerprint density at radius 2 is 2.58 bits per heavy atom. The zero-order valence-electron chi connectivity index (χ0n) is 7.28. The topological polar surface area (TPSA) is 47.0 Å². The predicted molar refractivity (Wildman–Crippen MR) is 49.5 cm³/mol. The lowest BCUT2D eigenvalue weighted by Crippen LogP contribution is -2.20. The fraction of sp³-hybridized carbons (Fsp3) is 0.714. The van der Waals surface area contributed by atoms with Crippen molar-refractivity contribution >= 4 is 16.5 Å². The Morgan fingerprint density at radius 3 is 3.17 bits per heavy atom. The summed E-state index contributed by atoms with van der Waals surface area (Å²) in [6.45, 7) is 5.53. The highest BCUT2D eigenvalue weighted by molar-refractivity contribution is 7.09. The molecule has 0 spiro atoms. The van der Waals surface area contributed by atoms with E-state index < -0.39 is 0 Å². The van der Waals surface area contributed by atoms with E-state index in [0.29, 0.717) is 12.6 Å². The van der Waals surface area contributed by atoms with Gasteiger partial charge in [0.2, 0.25) is 0 Å². The molecule has 4 nitrogen and oxygen atoms in total. The van der Waals surface area contributed by atoms with Gasteiger partial charge in [0.1, 0.15) is 5.00 Å². The van der Waals surface area contributed by atoms with E-state index in [1.54, 1.807) is 6.20 Å². The maximum absolute atomic E-state index is 5.25. The van der Waals surface area contributed by atoms with Crippen molar-refractivity contribution < 1.29 is 4.74 Å². The molecule has 0 saturated carbocycles. The van der Waals surface area contributed by atoms with Crippen molar-refractivity contribution in [1.82, 2.24) is 9.59 Å². The van der Waals surface area contributed by atoms with Crippen LogP contribution in [0.3, 0.4) is 0 Å². The lowest BCUT2D eigenvalue weighted by atomic mass is 10.4. The number of ether oxygens (including phenoxy) is 1. The van der Waals surface area contributed by atoms with Crippen LogP contribution in [0.2, 0.25) is 0 Å². The van der Waals surface area contributed by atoms with Crippen LogP contribution in [0.15, 0.2) is 6.20 Å². The van der Waals surface area contributed by atoms with Gasteiger partial charge in [-0.3, -0.25) is 0 Å². The quantitative estimate of drug-likeness (QED) is 0.756. The SMILES string of the molecule is CCOCC(C)Nc1cnns1. The van der Waals surface area contributed by atoms with E-state index in [4.69, 9.17) is 4.74 Å². The van der Waals surface area contributed by atoms with Gasteiger partial charge in [-0.15, -0.1) is 5.10 Å². The summed E-state index contributed by atoms with van der Waals surface area (Å²) in [5.41, 5.74) is 0. The molecule has 1 unspecified atom stereocenters. The van der Waals surface area contributed by atoms with Crippen LogP contribution >= 0.6 is 11.5 Å². The molecule has 0 saturated heterocycles. The number of aromatic nitrogens is 2. The third-order valence-corrected chi connectivity index (χ3v) is 1.92. The van der Waals surface area contributed by atoms with Gasteiger partial charge in [0.05, 0.1) is 12.8 Å². The minimum Gasteiger partial charge on any atom is -0.380 e. The van der Waals surface area contributed by atoms with Gasteiger partial charge < -0.3 is 10.1 Å². The Balaban J connectivity index is 2.22. The molecule has 0 fully saturated rings. The van der Waals surface area contributed by atoms with Gasteiger partial charge in [0.25, 0.3) is 0 Å². The molecule has 0 aliphatic carbocycles. The highest BCUT2D eigenvalue weighted by Gasteiger charge is 2.02. The van der Waals surface area contributed by atoms with Crippen molar-refractivity contribution in [3.8, 4) is 0 Å². The molecule has 68 valence electrons. The molecule has 1 heterocycles. The smallest absolute Gasteiger partial charge is 0.130 e. The van der Waals surface area contributed by atoms with Crippen LogP contribution in [0.4, 0.5) is 5.00 Å². The normalized spacial score (nSPS) is 12.8. The summed E-state index contributed by atoms with van der Waals surface area (Å²) < 4.78 is 8.99. The number of hydrogen-bond donors (Lipinski definition) is 1. The van der Waals surface area contributed by atoms with Crippen molar-refractivity contribution in [3.05, 3.63) is 6.20 Å². The second-order valence-electron chi connectivity index (χ2n) is 2.49. The minimum atomic E-state index is 0.312. The maximum atomic E-state index is 5.25. The number of nitrogens with zero attached hydrogens (tertiary/aromatic N) is 2. The molecule has 0 aliphatic heterocycles. The first kappa shape index (κ1) is 9.41. The predicted octanol–water partition coefficient (Wildman–Crippen LogP) is 1.37. The second kappa shape index (κ2) is 5.05. The van der Waals surface area contributed by atoms with Gasteiger partial charge in [-0.25, -0.2) is 0 Å². The molecule has 1 N–H and O–H groups in total. The summed E-state index contributed by atoms with van der Waals surface area (Å²) >= 11 is 1.36. The minimum absolute atomic E-state index is 0.312. The molecule has 12 heavy (non-hydrogen) atoms. The molecule has 1 atom stereocenters. The molecule has 1 aromatic rings. The first-order valence-electron chi connectivity index (χ1n) is 3.94. The summed E-state index contributed by atoms with van der Waals surface area (Å²) in [5, 5.41) is 7.93. The van der Waals surface area contributed by atoms with Crippen LogP contribution in [0.25, 0.3) is 0 Å². The van der Waals surface area contributed by atoms with Gasteiger partial charge in [-0.1, -0.05) is 4.49 Å². The number of nitrogens with one attached hydrogen (secondary N) is 1. The van der Waals surface area contributed by atoms with Crippen LogP contribution in [-0.4, -0.2) is 28.8 Å². The van der Waals surface area contributed by atoms with E-state index in [9.17, 15) is 0 Å². The van der Waals surface area contributed by atoms with Gasteiger partial charge in [-0.05, 0) is 13.8 Å². The summed E-state index contributed by atoms with van der Waals surface area (Å²) in [6.07, 6.45) is 1.72. The third kappa shape index (κ3) is 3.15. The largest absolute Gasteiger partial charge is 0.380 e. The number of hydrogen-bond acceptors (Lipinski definition) is 5. The van der Waals surface area contributed by atoms with E-state index in [-0.39, 0.29) is 0 Å². The first-order chi connectivity index (χ1) is 5.83. The van der Waals surface area contributed by atoms with Crippen LogP contribution in [0, 0.1) is 0 Å². The second-order valence-corrected chi connectivity index (χ2v) is 3.27. The highest BCUT2D eigenvalue weighted by atomic mass is 32.1. The zero-order chi connectivity index (χ0) is 8.81. The van der Waals surface area contributed by atoms with E-state index >= 15 is 0 Å². The lowest BCUT2D eigenvalue weighted by Gasteiger charge is -2.11. The fourth-order valence-electron chi connectivity index (χ4n) is 0.810. The summed E-state index contributed by atoms with van der Waals surface area (Å²) in [4.78, 5) is 0. The average molecular weight is 187 g/mol. The monoisotopic (exact) mass is 187 g/mol. The Bertz CT molecular complexity index is 202. The van der Waals surface area contributed by atoms with Crippen molar-refractivity contribution in [3.63, 3.8) is 0 Å². The van der Waals surface area contributed by atoms with Gasteiger partial charge in [0.15, 0.2) is 0 Å². The number of anilines is 1. The molecular formula is C7H13N3OS. The first-order valence-corrected chi connectivity index (χ1v) is 4.72. The Morgan fingerprint density at radius 1 is 1.75 bits per heavy atom. The maximum Gasteiger partial charge on any atom is 0.130 e. The Labute approximate surface area is 76.1 Å². The average Bonchev–Trinajstić information content (AvgIpc) is 2.53. The number of rotatable bonds is 5. The standard InChI is InChI=1S/C7H13N3OS/c1-3-11-5-6(2)9-7-4-8-10-12-7/h4,6,9H,3,5H2,1-2H3. The molecule has 0 bridgehead atoms. The van der Waals surface area contributed by atoms with E-state index in [1.807, 2.05) is 6.92 Å². The summed E-state index contributed by atoms with van der Waals surface area (Å²) in [5.74, 6) is 0. The Hall–Kier alpha value is -0.680. The summed E-state index contributed by atoms with van der Waals surface area (Å²) in [7, 11) is 0. The van der Waals surface area contributed by atoms with Crippen LogP contribution in [0.5, 0.6) is 0 Å². The molecule has 0 radical (unpaired) electrons. The molecule has 0 aromatic carbocycles. The highest BCUT2D eigenvalue weighted by Crippen LogP contribution is 2.10. The van der Waals surface area contributed by atoms with Crippen LogP contribution in [-0.2, 0) is 4.74 Å². The molecule has 0 aliphatic rings. The van der Waals surface area contributed by atoms with Crippen molar-refractivity contribution in [2.24, 2.45) is 0 Å². The van der Waals surface area contributed by atoms with Gasteiger partial charge in [0, 0.05) is 24.2 Å². The zero-order valence-corrected chi connectivity index (χ0v) is 8.10. The van der Waals surface area contributed by atoms with Gasteiger partial charge >= 0.3 is 0 Å². The van der Waals surface area contributed by atoms with E-state index in [2.05, 4.69) is 21.8 Å². The lowest BCUT2D eigenvalue weighted by molar-refractivity contribution is 0.141. The molecule has 5 heteroatoms. The van der Waals surface area contributed by atoms with Crippen molar-refractivity contribution in [2.75, 3.05) is 18.5 Å². The van der Waals surface area contributed by atoms with Crippen molar-refractivity contribution in [1.29, 1.82) is 0 Å². The Kier molecular flexibility index (Phi) is 3.96. The fourth-order valence-corrected chi connectivity index (χ4v) is 1.34. The summed E-state index contributed by atoms with van der Waals surface area (Å²) in [6, 6.07) is 0.312. The third-order valence-electron chi connectivity index (χ3n) is 1.32. The molecular weight excluding hydrogens is 174 g/mol. The molecule has 0 amide bonds. The molecule has 1 aromatic heterocycles. The van der Waals surface area contributed by atoms with Crippen molar-refractivity contribution in [2.45, 2.75) is 19.9 Å². The van der Waals surface area contributed by atoms with Crippen LogP contribution < -0.4 is 5.32 Å².